The first-order valence-electron chi connectivity index (χ1n) is 9.45. The Morgan fingerprint density at radius 1 is 1.06 bits per heavy atom. The number of anilines is 1. The van der Waals surface area contributed by atoms with Gasteiger partial charge in [0.25, 0.3) is 0 Å². The molecule has 0 radical (unpaired) electrons. The molecule has 0 atom stereocenters. The lowest BCUT2D eigenvalue weighted by atomic mass is 10.1. The number of carbonyl (C=O) groups is 2. The van der Waals surface area contributed by atoms with Gasteiger partial charge in [0.05, 0.1) is 25.1 Å². The van der Waals surface area contributed by atoms with E-state index in [1.165, 1.54) is 14.2 Å². The van der Waals surface area contributed by atoms with Crippen molar-refractivity contribution >= 4 is 28.5 Å². The fraction of sp³-hybridized carbons (Fsp3) is 0.227. The van der Waals surface area contributed by atoms with Crippen LogP contribution in [0.4, 0.5) is 5.69 Å². The predicted octanol–water partition coefficient (Wildman–Crippen LogP) is 3.55. The number of rotatable bonds is 7. The summed E-state index contributed by atoms with van der Waals surface area (Å²) >= 11 is 0. The number of benzene rings is 2. The number of methoxy groups -OCH3 is 2. The van der Waals surface area contributed by atoms with Crippen molar-refractivity contribution in [2.45, 2.75) is 12.8 Å². The molecule has 3 aromatic rings. The van der Waals surface area contributed by atoms with E-state index in [4.69, 9.17) is 14.2 Å². The Balaban J connectivity index is 1.58. The van der Waals surface area contributed by atoms with Crippen LogP contribution in [0.15, 0.2) is 42.6 Å². The highest BCUT2D eigenvalue weighted by atomic mass is 16.5. The number of aromatic nitrogens is 1. The van der Waals surface area contributed by atoms with Crippen LogP contribution in [0.3, 0.4) is 0 Å². The lowest BCUT2D eigenvalue weighted by molar-refractivity contribution is -0.147. The zero-order chi connectivity index (χ0) is 22.2. The fourth-order valence-corrected chi connectivity index (χ4v) is 3.31. The average molecular weight is 424 g/mol. The molecule has 4 rings (SSSR count). The Bertz CT molecular complexity index is 1170. The maximum atomic E-state index is 12.2. The third-order valence-electron chi connectivity index (χ3n) is 5.24. The standard InChI is InChI=1S/C22H20N2O7/c1-29-16-11-14-17(18(25)19(16)30-2)15(7-10-23-14)31-13-5-3-12(4-6-13)24-20(26)22(8-9-22)21(27)28/h3-7,10-11,25H,8-9H2,1-2H3,(H,24,26)(H,27,28). The molecule has 0 aliphatic heterocycles. The third-order valence-corrected chi connectivity index (χ3v) is 5.24. The van der Waals surface area contributed by atoms with E-state index < -0.39 is 17.3 Å². The van der Waals surface area contributed by atoms with Crippen LogP contribution in [0.25, 0.3) is 10.9 Å². The predicted molar refractivity (Wildman–Crippen MR) is 111 cm³/mol. The molecule has 1 saturated carbocycles. The fourth-order valence-electron chi connectivity index (χ4n) is 3.31. The van der Waals surface area contributed by atoms with Crippen LogP contribution in [0.2, 0.25) is 0 Å². The number of carboxylic acid groups (broad SMARTS) is 1. The summed E-state index contributed by atoms with van der Waals surface area (Å²) in [7, 11) is 2.88. The first-order chi connectivity index (χ1) is 14.9. The molecule has 0 unspecified atom stereocenters. The SMILES string of the molecule is COc1cc2nccc(Oc3ccc(NC(=O)C4(C(=O)O)CC4)cc3)c2c(O)c1OC. The molecular formula is C22H20N2O7. The first-order valence-corrected chi connectivity index (χ1v) is 9.45. The monoisotopic (exact) mass is 424 g/mol. The van der Waals surface area contributed by atoms with Crippen molar-refractivity contribution in [3.05, 3.63) is 42.6 Å². The minimum Gasteiger partial charge on any atom is -0.504 e. The number of pyridine rings is 1. The van der Waals surface area contributed by atoms with Gasteiger partial charge in [0.15, 0.2) is 11.5 Å². The second-order valence-corrected chi connectivity index (χ2v) is 7.13. The van der Waals surface area contributed by atoms with Crippen molar-refractivity contribution in [3.8, 4) is 28.7 Å². The molecule has 0 saturated heterocycles. The Hall–Kier alpha value is -4.01. The summed E-state index contributed by atoms with van der Waals surface area (Å²) < 4.78 is 16.4. The second kappa shape index (κ2) is 7.67. The van der Waals surface area contributed by atoms with Crippen LogP contribution in [0.5, 0.6) is 28.7 Å². The van der Waals surface area contributed by atoms with Gasteiger partial charge in [-0.15, -0.1) is 0 Å². The molecule has 3 N–H and O–H groups in total. The Labute approximate surface area is 177 Å². The molecule has 31 heavy (non-hydrogen) atoms. The topological polar surface area (TPSA) is 127 Å². The van der Waals surface area contributed by atoms with E-state index in [0.717, 1.165) is 0 Å². The van der Waals surface area contributed by atoms with Crippen LogP contribution >= 0.6 is 0 Å². The van der Waals surface area contributed by atoms with Gasteiger partial charge in [-0.3, -0.25) is 14.6 Å². The quantitative estimate of drug-likeness (QED) is 0.492. The maximum absolute atomic E-state index is 12.2. The Morgan fingerprint density at radius 3 is 2.35 bits per heavy atom. The number of phenols is 1. The highest BCUT2D eigenvalue weighted by molar-refractivity contribution is 6.10. The molecule has 0 bridgehead atoms. The summed E-state index contributed by atoms with van der Waals surface area (Å²) in [5.74, 6) is -0.499. The highest BCUT2D eigenvalue weighted by Crippen LogP contribution is 2.47. The molecule has 0 spiro atoms. The van der Waals surface area contributed by atoms with Crippen molar-refractivity contribution in [2.24, 2.45) is 5.41 Å². The van der Waals surface area contributed by atoms with Crippen molar-refractivity contribution in [3.63, 3.8) is 0 Å². The minimum absolute atomic E-state index is 0.160. The third kappa shape index (κ3) is 3.54. The van der Waals surface area contributed by atoms with Crippen LogP contribution in [-0.2, 0) is 9.59 Å². The zero-order valence-corrected chi connectivity index (χ0v) is 16.8. The second-order valence-electron chi connectivity index (χ2n) is 7.13. The molecule has 2 aromatic carbocycles. The van der Waals surface area contributed by atoms with Crippen LogP contribution in [0.1, 0.15) is 12.8 Å². The number of carbonyl (C=O) groups excluding carboxylic acids is 1. The summed E-state index contributed by atoms with van der Waals surface area (Å²) in [6.45, 7) is 0. The molecule has 1 fully saturated rings. The number of carboxylic acids is 1. The smallest absolute Gasteiger partial charge is 0.319 e. The number of phenolic OH excluding ortho intramolecular Hbond substituents is 1. The zero-order valence-electron chi connectivity index (χ0n) is 16.8. The minimum atomic E-state index is -1.32. The van der Waals surface area contributed by atoms with Gasteiger partial charge in [-0.2, -0.15) is 0 Å². The number of nitrogens with one attached hydrogen (secondary N) is 1. The van der Waals surface area contributed by atoms with Gasteiger partial charge in [-0.1, -0.05) is 0 Å². The molecular weight excluding hydrogens is 404 g/mol. The first kappa shape index (κ1) is 20.3. The van der Waals surface area contributed by atoms with Gasteiger partial charge >= 0.3 is 5.97 Å². The van der Waals surface area contributed by atoms with E-state index in [0.29, 0.717) is 46.7 Å². The normalized spacial score (nSPS) is 14.0. The lowest BCUT2D eigenvalue weighted by Crippen LogP contribution is -2.31. The number of fused-ring (bicyclic) bond motifs is 1. The van der Waals surface area contributed by atoms with E-state index in [2.05, 4.69) is 10.3 Å². The average Bonchev–Trinajstić information content (AvgIpc) is 3.57. The summed E-state index contributed by atoms with van der Waals surface area (Å²) in [4.78, 5) is 27.7. The van der Waals surface area contributed by atoms with E-state index in [1.807, 2.05) is 0 Å². The number of aliphatic carboxylic acids is 1. The van der Waals surface area contributed by atoms with E-state index in [1.54, 1.807) is 42.6 Å². The number of ether oxygens (including phenoxy) is 3. The number of nitrogens with zero attached hydrogens (tertiary/aromatic N) is 1. The molecule has 1 aromatic heterocycles. The van der Waals surface area contributed by atoms with Gasteiger partial charge in [-0.25, -0.2) is 0 Å². The van der Waals surface area contributed by atoms with Gasteiger partial charge in [0, 0.05) is 18.0 Å². The number of hydrogen-bond donors (Lipinski definition) is 3. The summed E-state index contributed by atoms with van der Waals surface area (Å²) in [5, 5.41) is 22.9. The number of aromatic hydroxyl groups is 1. The van der Waals surface area contributed by atoms with Gasteiger partial charge in [0.2, 0.25) is 11.7 Å². The maximum Gasteiger partial charge on any atom is 0.319 e. The summed E-state index contributed by atoms with van der Waals surface area (Å²) in [6, 6.07) is 9.71. The molecule has 160 valence electrons. The lowest BCUT2D eigenvalue weighted by Gasteiger charge is -2.15. The van der Waals surface area contributed by atoms with Crippen LogP contribution < -0.4 is 19.5 Å². The van der Waals surface area contributed by atoms with E-state index >= 15 is 0 Å². The van der Waals surface area contributed by atoms with Gasteiger partial charge < -0.3 is 29.7 Å². The Kier molecular flexibility index (Phi) is 5.02. The van der Waals surface area contributed by atoms with E-state index in [-0.39, 0.29) is 11.5 Å². The van der Waals surface area contributed by atoms with Crippen molar-refractivity contribution in [1.82, 2.24) is 4.98 Å². The molecule has 9 nitrogen and oxygen atoms in total. The summed E-state index contributed by atoms with van der Waals surface area (Å²) in [5.41, 5.74) is -0.401. The molecule has 1 amide bonds. The number of hydrogen-bond acceptors (Lipinski definition) is 7. The van der Waals surface area contributed by atoms with Gasteiger partial charge in [-0.05, 0) is 43.2 Å². The van der Waals surface area contributed by atoms with Crippen molar-refractivity contribution in [2.75, 3.05) is 19.5 Å². The van der Waals surface area contributed by atoms with Crippen molar-refractivity contribution < 1.29 is 34.0 Å². The highest BCUT2D eigenvalue weighted by Gasteiger charge is 2.57. The number of amides is 1. The summed E-state index contributed by atoms with van der Waals surface area (Å²) in [6.07, 6.45) is 2.21. The van der Waals surface area contributed by atoms with Crippen molar-refractivity contribution in [1.29, 1.82) is 0 Å². The molecule has 9 heteroatoms. The molecule has 1 aliphatic carbocycles. The molecule has 1 aliphatic rings. The van der Waals surface area contributed by atoms with Gasteiger partial charge in [0.1, 0.15) is 16.9 Å². The van der Waals surface area contributed by atoms with E-state index in [9.17, 15) is 19.8 Å². The Morgan fingerprint density at radius 2 is 1.77 bits per heavy atom. The van der Waals surface area contributed by atoms with Crippen LogP contribution in [-0.4, -0.2) is 41.3 Å². The molecule has 1 heterocycles. The largest absolute Gasteiger partial charge is 0.504 e. The van der Waals surface area contributed by atoms with Crippen LogP contribution in [0, 0.1) is 5.41 Å².